The van der Waals surface area contributed by atoms with Crippen LogP contribution in [0.25, 0.3) is 0 Å². The maximum atomic E-state index is 8.60. The van der Waals surface area contributed by atoms with E-state index in [2.05, 4.69) is 0 Å². The standard InChI is InChI=1S/6CN.2K.Pt/c6*1-2;;;/q;;;;;;2*+1;-2. The summed E-state index contributed by atoms with van der Waals surface area (Å²) < 4.78 is 6.41. The van der Waals surface area contributed by atoms with Crippen LogP contribution < -0.4 is 103 Å². The fourth-order valence-electron chi connectivity index (χ4n) is 0.237. The minimum Gasteiger partial charge on any atom is 1.00 e. The third-order valence-corrected chi connectivity index (χ3v) is 8.68. The van der Waals surface area contributed by atoms with Gasteiger partial charge in [-0.2, -0.15) is 0 Å². The van der Waals surface area contributed by atoms with Crippen LogP contribution in [0.2, 0.25) is 0 Å². The molecule has 6 nitrogen and oxygen atoms in total. The first-order chi connectivity index (χ1) is 5.97. The molecule has 0 aliphatic carbocycles. The van der Waals surface area contributed by atoms with Crippen LogP contribution in [-0.4, -0.2) is 0 Å². The Hall–Kier alpha value is 0.901. The Labute approximate surface area is 170 Å². The van der Waals surface area contributed by atoms with Crippen LogP contribution in [0.4, 0.5) is 0 Å². The van der Waals surface area contributed by atoms with E-state index in [1.54, 1.807) is 0 Å². The summed E-state index contributed by atoms with van der Waals surface area (Å²) in [7, 11) is 0. The summed E-state index contributed by atoms with van der Waals surface area (Å²) in [6.45, 7) is 0. The molecule has 0 aromatic rings. The minimum atomic E-state index is -6.64. The predicted octanol–water partition coefficient (Wildman–Crippen LogP) is -5.89. The van der Waals surface area contributed by atoms with Gasteiger partial charge in [0.15, 0.2) is 0 Å². The van der Waals surface area contributed by atoms with E-state index < -0.39 is 13.6 Å². The molecule has 0 aromatic carbocycles. The fourth-order valence-corrected chi connectivity index (χ4v) is 1.94. The molecule has 0 bridgehead atoms. The van der Waals surface area contributed by atoms with Crippen molar-refractivity contribution in [3.05, 3.63) is 0 Å². The molecule has 0 heterocycles. The zero-order valence-corrected chi connectivity index (χ0v) is 16.5. The molecule has 0 aliphatic rings. The first-order valence-electron chi connectivity index (χ1n) is 2.29. The first-order valence-corrected chi connectivity index (χ1v) is 9.11. The Balaban J connectivity index is -0.000000720. The Morgan fingerprint density at radius 1 is 0.467 bits per heavy atom. The zero-order valence-electron chi connectivity index (χ0n) is 8.00. The molecular formula is C6K2N6Pt. The van der Waals surface area contributed by atoms with E-state index in [0.717, 1.165) is 26.8 Å². The molecule has 0 amide bonds. The van der Waals surface area contributed by atoms with Crippen molar-refractivity contribution in [3.63, 3.8) is 0 Å². The van der Waals surface area contributed by atoms with Crippen molar-refractivity contribution in [3.8, 4) is 26.8 Å². The van der Waals surface area contributed by atoms with Crippen molar-refractivity contribution in [1.29, 1.82) is 31.6 Å². The quantitative estimate of drug-likeness (QED) is 0.351. The molecule has 15 heavy (non-hydrogen) atoms. The summed E-state index contributed by atoms with van der Waals surface area (Å²) >= 11 is -6.64. The molecule has 0 saturated heterocycles. The summed E-state index contributed by atoms with van der Waals surface area (Å²) in [6, 6.07) is 0. The van der Waals surface area contributed by atoms with Crippen molar-refractivity contribution < 1.29 is 116 Å². The van der Waals surface area contributed by atoms with Crippen molar-refractivity contribution in [1.82, 2.24) is 0 Å². The van der Waals surface area contributed by atoms with Gasteiger partial charge in [-0.15, -0.1) is 0 Å². The SMILES string of the molecule is N#[C][Pt-2]([C]#N)([C]#N)([C]#N)([C]#N)[C]#N.[K+].[K+]. The van der Waals surface area contributed by atoms with Crippen LogP contribution in [0.5, 0.6) is 0 Å². The van der Waals surface area contributed by atoms with Gasteiger partial charge in [-0.25, -0.2) is 0 Å². The monoisotopic (exact) mass is 429 g/mol. The van der Waals surface area contributed by atoms with Gasteiger partial charge in [0.2, 0.25) is 0 Å². The van der Waals surface area contributed by atoms with E-state index >= 15 is 0 Å². The van der Waals surface area contributed by atoms with Gasteiger partial charge in [-0.1, -0.05) is 0 Å². The van der Waals surface area contributed by atoms with Crippen LogP contribution in [0.15, 0.2) is 0 Å². The number of hydrogen-bond donors (Lipinski definition) is 0. The second kappa shape index (κ2) is 6.00. The number of nitrogens with zero attached hydrogens (tertiary/aromatic N) is 6. The molecule has 0 aromatic heterocycles. The van der Waals surface area contributed by atoms with Crippen LogP contribution in [0, 0.1) is 58.3 Å². The van der Waals surface area contributed by atoms with Crippen LogP contribution in [0.1, 0.15) is 0 Å². The average Bonchev–Trinajstić information content (AvgIpc) is 2.26. The van der Waals surface area contributed by atoms with Gasteiger partial charge in [0.05, 0.1) is 0 Å². The second-order valence-corrected chi connectivity index (χ2v) is 13.2. The van der Waals surface area contributed by atoms with Crippen LogP contribution in [-0.2, 0) is 13.6 Å². The molecule has 66 valence electrons. The molecule has 0 rings (SSSR count). The topological polar surface area (TPSA) is 143 Å². The van der Waals surface area contributed by atoms with Crippen molar-refractivity contribution >= 4 is 0 Å². The Morgan fingerprint density at radius 2 is 0.600 bits per heavy atom. The Morgan fingerprint density at radius 3 is 0.600 bits per heavy atom. The van der Waals surface area contributed by atoms with Gasteiger partial charge in [0, 0.05) is 0 Å². The summed E-state index contributed by atoms with van der Waals surface area (Å²) in [6.07, 6.45) is 0. The summed E-state index contributed by atoms with van der Waals surface area (Å²) in [5, 5.41) is 51.6. The van der Waals surface area contributed by atoms with Gasteiger partial charge in [-0.05, 0) is 0 Å². The summed E-state index contributed by atoms with van der Waals surface area (Å²) in [5.74, 6) is 0. The number of hydrogen-bond acceptors (Lipinski definition) is 6. The average molecular weight is 429 g/mol. The smallest absolute Gasteiger partial charge is 1.00 e. The molecule has 0 aliphatic heterocycles. The summed E-state index contributed by atoms with van der Waals surface area (Å²) in [5.41, 5.74) is 0. The van der Waals surface area contributed by atoms with Gasteiger partial charge < -0.3 is 0 Å². The Bertz CT molecular complexity index is 395. The molecule has 0 spiro atoms. The van der Waals surface area contributed by atoms with Crippen LogP contribution >= 0.6 is 0 Å². The second-order valence-electron chi connectivity index (χ2n) is 1.61. The molecule has 0 unspecified atom stereocenters. The molecule has 0 atom stereocenters. The zero-order chi connectivity index (χ0) is 10.7. The molecular weight excluding hydrogens is 429 g/mol. The van der Waals surface area contributed by atoms with E-state index in [-0.39, 0.29) is 103 Å². The van der Waals surface area contributed by atoms with Crippen molar-refractivity contribution in [2.75, 3.05) is 0 Å². The summed E-state index contributed by atoms with van der Waals surface area (Å²) in [4.78, 5) is 0. The maximum absolute atomic E-state index is 8.60. The van der Waals surface area contributed by atoms with Gasteiger partial charge in [0.1, 0.15) is 0 Å². The van der Waals surface area contributed by atoms with E-state index in [4.69, 9.17) is 31.6 Å². The molecule has 0 radical (unpaired) electrons. The normalized spacial score (nSPS) is 11.6. The number of nitriles is 6. The molecule has 0 fully saturated rings. The third kappa shape index (κ3) is 2.60. The van der Waals surface area contributed by atoms with E-state index in [1.165, 1.54) is 0 Å². The predicted molar refractivity (Wildman–Crippen MR) is 33.7 cm³/mol. The van der Waals surface area contributed by atoms with Gasteiger partial charge in [-0.3, -0.25) is 0 Å². The van der Waals surface area contributed by atoms with Crippen LogP contribution in [0.3, 0.4) is 0 Å². The van der Waals surface area contributed by atoms with E-state index in [0.29, 0.717) is 0 Å². The third-order valence-electron chi connectivity index (χ3n) is 1.06. The molecule has 9 heteroatoms. The molecule has 0 N–H and O–H groups in total. The van der Waals surface area contributed by atoms with Gasteiger partial charge in [0.25, 0.3) is 0 Å². The van der Waals surface area contributed by atoms with E-state index in [1.807, 2.05) is 0 Å². The van der Waals surface area contributed by atoms with Crippen molar-refractivity contribution in [2.24, 2.45) is 0 Å². The number of rotatable bonds is 0. The molecule has 0 saturated carbocycles. The van der Waals surface area contributed by atoms with E-state index in [9.17, 15) is 0 Å². The Kier molecular flexibility index (Phi) is 8.49. The largest absolute Gasteiger partial charge is 1.00 e. The van der Waals surface area contributed by atoms with Gasteiger partial charge >= 0.3 is 175 Å². The fraction of sp³-hybridized carbons (Fsp3) is 0. The first kappa shape index (κ1) is 21.2. The van der Waals surface area contributed by atoms with Crippen molar-refractivity contribution in [2.45, 2.75) is 0 Å². The maximum Gasteiger partial charge on any atom is 1.00 e. The minimum absolute atomic E-state index is 0.